The first-order valence-corrected chi connectivity index (χ1v) is 8.15. The lowest BCUT2D eigenvalue weighted by Crippen LogP contribution is -2.36. The second-order valence-corrected chi connectivity index (χ2v) is 6.64. The lowest BCUT2D eigenvalue weighted by Gasteiger charge is -2.32. The largest absolute Gasteiger partial charge is 0.381 e. The lowest BCUT2D eigenvalue weighted by atomic mass is 9.98. The second-order valence-electron chi connectivity index (χ2n) is 5.78. The van der Waals surface area contributed by atoms with Gasteiger partial charge in [-0.1, -0.05) is 28.1 Å². The summed E-state index contributed by atoms with van der Waals surface area (Å²) in [6.45, 7) is 5.63. The molecule has 1 aromatic rings. The first kappa shape index (κ1) is 16.0. The van der Waals surface area contributed by atoms with E-state index in [1.807, 2.05) is 0 Å². The normalized spacial score (nSPS) is 21.1. The summed E-state index contributed by atoms with van der Waals surface area (Å²) in [6, 6.07) is 6.80. The fourth-order valence-corrected chi connectivity index (χ4v) is 3.18. The van der Waals surface area contributed by atoms with Gasteiger partial charge in [-0.3, -0.25) is 4.90 Å². The van der Waals surface area contributed by atoms with Crippen LogP contribution in [0.4, 0.5) is 0 Å². The Morgan fingerprint density at radius 1 is 1.50 bits per heavy atom. The molecular weight excluding hydrogens is 316 g/mol. The van der Waals surface area contributed by atoms with E-state index in [4.69, 9.17) is 10.5 Å². The van der Waals surface area contributed by atoms with Crippen LogP contribution in [0, 0.1) is 12.8 Å². The third-order valence-electron chi connectivity index (χ3n) is 4.12. The van der Waals surface area contributed by atoms with Crippen molar-refractivity contribution in [2.75, 3.05) is 33.4 Å². The molecule has 0 bridgehead atoms. The van der Waals surface area contributed by atoms with Crippen molar-refractivity contribution >= 4 is 15.9 Å². The number of benzene rings is 1. The minimum Gasteiger partial charge on any atom is -0.381 e. The van der Waals surface area contributed by atoms with Gasteiger partial charge in [0.05, 0.1) is 6.61 Å². The van der Waals surface area contributed by atoms with Gasteiger partial charge in [-0.2, -0.15) is 0 Å². The van der Waals surface area contributed by atoms with E-state index in [1.54, 1.807) is 0 Å². The third kappa shape index (κ3) is 4.04. The van der Waals surface area contributed by atoms with E-state index in [0.717, 1.165) is 24.2 Å². The van der Waals surface area contributed by atoms with E-state index in [1.165, 1.54) is 24.0 Å². The van der Waals surface area contributed by atoms with Crippen LogP contribution in [0.3, 0.4) is 0 Å². The minimum absolute atomic E-state index is 0.281. The van der Waals surface area contributed by atoms with Crippen molar-refractivity contribution in [2.24, 2.45) is 11.7 Å². The number of hydrogen-bond donors (Lipinski definition) is 1. The van der Waals surface area contributed by atoms with Gasteiger partial charge in [0, 0.05) is 30.2 Å². The van der Waals surface area contributed by atoms with Crippen molar-refractivity contribution in [3.8, 4) is 0 Å². The number of rotatable bonds is 5. The summed E-state index contributed by atoms with van der Waals surface area (Å²) in [4.78, 5) is 2.38. The summed E-state index contributed by atoms with van der Waals surface area (Å²) in [7, 11) is 2.17. The molecule has 112 valence electrons. The maximum Gasteiger partial charge on any atom is 0.0506 e. The molecule has 0 amide bonds. The van der Waals surface area contributed by atoms with Gasteiger partial charge in [0.1, 0.15) is 0 Å². The van der Waals surface area contributed by atoms with Gasteiger partial charge in [-0.15, -0.1) is 0 Å². The van der Waals surface area contributed by atoms with Crippen LogP contribution in [0.1, 0.15) is 30.0 Å². The molecule has 0 radical (unpaired) electrons. The standard InChI is InChI=1S/C16H25BrN2O/c1-12-8-14(5-6-15(12)17)16(9-18)19(2)10-13-4-3-7-20-11-13/h5-6,8,13,16H,3-4,7,9-11,18H2,1-2H3. The first-order chi connectivity index (χ1) is 9.61. The molecule has 2 N–H and O–H groups in total. The van der Waals surface area contributed by atoms with Crippen LogP contribution in [0.25, 0.3) is 0 Å². The number of aryl methyl sites for hydroxylation is 1. The molecule has 1 fully saturated rings. The number of ether oxygens (including phenoxy) is 1. The minimum atomic E-state index is 0.281. The number of likely N-dealkylation sites (N-methyl/N-ethyl adjacent to an activating group) is 1. The van der Waals surface area contributed by atoms with E-state index in [0.29, 0.717) is 12.5 Å². The highest BCUT2D eigenvalue weighted by molar-refractivity contribution is 9.10. The van der Waals surface area contributed by atoms with Crippen LogP contribution < -0.4 is 5.73 Å². The van der Waals surface area contributed by atoms with Crippen molar-refractivity contribution in [3.63, 3.8) is 0 Å². The predicted molar refractivity (Wildman–Crippen MR) is 86.8 cm³/mol. The molecule has 1 aromatic carbocycles. The molecule has 4 heteroatoms. The molecular formula is C16H25BrN2O. The molecule has 1 aliphatic rings. The van der Waals surface area contributed by atoms with Crippen LogP contribution in [-0.4, -0.2) is 38.3 Å². The average molecular weight is 341 g/mol. The summed E-state index contributed by atoms with van der Waals surface area (Å²) >= 11 is 3.56. The van der Waals surface area contributed by atoms with E-state index < -0.39 is 0 Å². The molecule has 2 atom stereocenters. The van der Waals surface area contributed by atoms with E-state index >= 15 is 0 Å². The average Bonchev–Trinajstić information content (AvgIpc) is 2.44. The molecule has 2 rings (SSSR count). The molecule has 0 aliphatic carbocycles. The highest BCUT2D eigenvalue weighted by atomic mass is 79.9. The predicted octanol–water partition coefficient (Wildman–Crippen LogP) is 3.12. The van der Waals surface area contributed by atoms with Crippen LogP contribution in [0.2, 0.25) is 0 Å². The van der Waals surface area contributed by atoms with Gasteiger partial charge < -0.3 is 10.5 Å². The van der Waals surface area contributed by atoms with Crippen molar-refractivity contribution in [2.45, 2.75) is 25.8 Å². The maximum atomic E-state index is 6.01. The van der Waals surface area contributed by atoms with Gasteiger partial charge in [0.2, 0.25) is 0 Å². The summed E-state index contributed by atoms with van der Waals surface area (Å²) in [6.07, 6.45) is 2.45. The highest BCUT2D eigenvalue weighted by Gasteiger charge is 2.21. The zero-order valence-corrected chi connectivity index (χ0v) is 14.0. The number of nitrogens with two attached hydrogens (primary N) is 1. The fourth-order valence-electron chi connectivity index (χ4n) is 2.93. The zero-order valence-electron chi connectivity index (χ0n) is 12.4. The Morgan fingerprint density at radius 2 is 2.30 bits per heavy atom. The van der Waals surface area contributed by atoms with E-state index in [9.17, 15) is 0 Å². The van der Waals surface area contributed by atoms with E-state index in [2.05, 4.69) is 53.0 Å². The Bertz CT molecular complexity index is 432. The van der Waals surface area contributed by atoms with Crippen LogP contribution in [-0.2, 0) is 4.74 Å². The molecule has 1 aliphatic heterocycles. The van der Waals surface area contributed by atoms with Gasteiger partial charge in [0.15, 0.2) is 0 Å². The Morgan fingerprint density at radius 3 is 2.90 bits per heavy atom. The number of halogens is 1. The molecule has 0 aromatic heterocycles. The maximum absolute atomic E-state index is 6.01. The second kappa shape index (κ2) is 7.55. The third-order valence-corrected chi connectivity index (χ3v) is 5.01. The van der Waals surface area contributed by atoms with Gasteiger partial charge in [-0.25, -0.2) is 0 Å². The van der Waals surface area contributed by atoms with Gasteiger partial charge >= 0.3 is 0 Å². The molecule has 20 heavy (non-hydrogen) atoms. The topological polar surface area (TPSA) is 38.5 Å². The molecule has 1 saturated heterocycles. The van der Waals surface area contributed by atoms with Crippen LogP contribution in [0.15, 0.2) is 22.7 Å². The Kier molecular flexibility index (Phi) is 6.02. The number of hydrogen-bond acceptors (Lipinski definition) is 3. The fraction of sp³-hybridized carbons (Fsp3) is 0.625. The van der Waals surface area contributed by atoms with Gasteiger partial charge in [0.25, 0.3) is 0 Å². The lowest BCUT2D eigenvalue weighted by molar-refractivity contribution is 0.0365. The van der Waals surface area contributed by atoms with Crippen molar-refractivity contribution < 1.29 is 4.74 Å². The van der Waals surface area contributed by atoms with Crippen molar-refractivity contribution in [3.05, 3.63) is 33.8 Å². The van der Waals surface area contributed by atoms with Gasteiger partial charge in [-0.05, 0) is 49.9 Å². The summed E-state index contributed by atoms with van der Waals surface area (Å²) in [5.74, 6) is 0.638. The molecule has 3 nitrogen and oxygen atoms in total. The van der Waals surface area contributed by atoms with Crippen LogP contribution >= 0.6 is 15.9 Å². The van der Waals surface area contributed by atoms with Crippen molar-refractivity contribution in [1.29, 1.82) is 0 Å². The molecule has 1 heterocycles. The first-order valence-electron chi connectivity index (χ1n) is 7.36. The smallest absolute Gasteiger partial charge is 0.0506 e. The molecule has 2 unspecified atom stereocenters. The van der Waals surface area contributed by atoms with Crippen LogP contribution in [0.5, 0.6) is 0 Å². The Hall–Kier alpha value is -0.420. The monoisotopic (exact) mass is 340 g/mol. The summed E-state index contributed by atoms with van der Waals surface area (Å²) in [5.41, 5.74) is 8.57. The zero-order chi connectivity index (χ0) is 14.5. The Balaban J connectivity index is 2.03. The van der Waals surface area contributed by atoms with Crippen molar-refractivity contribution in [1.82, 2.24) is 4.90 Å². The quantitative estimate of drug-likeness (QED) is 0.894. The SMILES string of the molecule is Cc1cc(C(CN)N(C)CC2CCCOC2)ccc1Br. The summed E-state index contributed by atoms with van der Waals surface area (Å²) in [5, 5.41) is 0. The Labute approximate surface area is 130 Å². The highest BCUT2D eigenvalue weighted by Crippen LogP contribution is 2.25. The number of nitrogens with zero attached hydrogens (tertiary/aromatic N) is 1. The summed E-state index contributed by atoms with van der Waals surface area (Å²) < 4.78 is 6.73. The molecule has 0 saturated carbocycles. The van der Waals surface area contributed by atoms with E-state index in [-0.39, 0.29) is 6.04 Å². The molecule has 0 spiro atoms.